The van der Waals surface area contributed by atoms with Crippen molar-refractivity contribution in [3.05, 3.63) is 11.5 Å². The van der Waals surface area contributed by atoms with E-state index in [2.05, 4.69) is 15.3 Å². The first-order chi connectivity index (χ1) is 8.06. The van der Waals surface area contributed by atoms with Crippen molar-refractivity contribution in [3.8, 4) is 5.75 Å². The largest absolute Gasteiger partial charge is 0.490 e. The molecule has 0 bridgehead atoms. The van der Waals surface area contributed by atoms with Crippen molar-refractivity contribution in [3.63, 3.8) is 0 Å². The van der Waals surface area contributed by atoms with Crippen LogP contribution in [-0.4, -0.2) is 34.3 Å². The van der Waals surface area contributed by atoms with Gasteiger partial charge in [-0.3, -0.25) is 0 Å². The van der Waals surface area contributed by atoms with Crippen LogP contribution >= 0.6 is 11.6 Å². The molecule has 1 rings (SSSR count). The van der Waals surface area contributed by atoms with Crippen LogP contribution < -0.4 is 10.1 Å². The maximum atomic E-state index is 9.06. The highest BCUT2D eigenvalue weighted by Crippen LogP contribution is 2.31. The lowest BCUT2D eigenvalue weighted by molar-refractivity contribution is 0.251. The van der Waals surface area contributed by atoms with Gasteiger partial charge in [-0.2, -0.15) is 0 Å². The SMILES string of the molecule is CCC(C)(CCO)Nc1ncnc(Cl)c1OC. The summed E-state index contributed by atoms with van der Waals surface area (Å²) < 4.78 is 5.16. The number of ether oxygens (including phenoxy) is 1. The maximum Gasteiger partial charge on any atom is 0.198 e. The summed E-state index contributed by atoms with van der Waals surface area (Å²) in [7, 11) is 1.52. The van der Waals surface area contributed by atoms with Crippen LogP contribution in [-0.2, 0) is 0 Å². The van der Waals surface area contributed by atoms with Gasteiger partial charge in [-0.15, -0.1) is 0 Å². The summed E-state index contributed by atoms with van der Waals surface area (Å²) in [5.74, 6) is 0.970. The third-order valence-electron chi connectivity index (χ3n) is 2.83. The van der Waals surface area contributed by atoms with Gasteiger partial charge in [-0.05, 0) is 19.8 Å². The Labute approximate surface area is 106 Å². The molecule has 5 nitrogen and oxygen atoms in total. The zero-order valence-corrected chi connectivity index (χ0v) is 11.1. The lowest BCUT2D eigenvalue weighted by atomic mass is 9.95. The summed E-state index contributed by atoms with van der Waals surface area (Å²) in [6.07, 6.45) is 2.84. The van der Waals surface area contributed by atoms with Crippen molar-refractivity contribution >= 4 is 17.4 Å². The van der Waals surface area contributed by atoms with Crippen molar-refractivity contribution in [2.45, 2.75) is 32.2 Å². The molecule has 0 spiro atoms. The number of aromatic nitrogens is 2. The van der Waals surface area contributed by atoms with Gasteiger partial charge in [0.2, 0.25) is 0 Å². The molecule has 0 aromatic carbocycles. The highest BCUT2D eigenvalue weighted by atomic mass is 35.5. The molecule has 1 atom stereocenters. The number of hydrogen-bond acceptors (Lipinski definition) is 5. The first-order valence-electron chi connectivity index (χ1n) is 5.50. The van der Waals surface area contributed by atoms with Crippen LogP contribution in [0, 0.1) is 0 Å². The van der Waals surface area contributed by atoms with Gasteiger partial charge in [0.25, 0.3) is 0 Å². The minimum absolute atomic E-state index is 0.110. The number of halogens is 1. The van der Waals surface area contributed by atoms with Crippen molar-refractivity contribution < 1.29 is 9.84 Å². The number of methoxy groups -OCH3 is 1. The van der Waals surface area contributed by atoms with Gasteiger partial charge in [0.05, 0.1) is 7.11 Å². The first kappa shape index (κ1) is 14.0. The van der Waals surface area contributed by atoms with E-state index in [1.54, 1.807) is 0 Å². The number of hydrogen-bond donors (Lipinski definition) is 2. The van der Waals surface area contributed by atoms with Crippen molar-refractivity contribution in [1.29, 1.82) is 0 Å². The predicted octanol–water partition coefficient (Wildman–Crippen LogP) is 2.10. The molecule has 0 saturated heterocycles. The molecular formula is C11H18ClN3O2. The first-order valence-corrected chi connectivity index (χ1v) is 5.87. The number of nitrogens with zero attached hydrogens (tertiary/aromatic N) is 2. The van der Waals surface area contributed by atoms with Gasteiger partial charge in [-0.25, -0.2) is 9.97 Å². The van der Waals surface area contributed by atoms with E-state index in [4.69, 9.17) is 21.4 Å². The van der Waals surface area contributed by atoms with Crippen LogP contribution in [0.4, 0.5) is 5.82 Å². The third-order valence-corrected chi connectivity index (χ3v) is 3.10. The zero-order chi connectivity index (χ0) is 12.9. The van der Waals surface area contributed by atoms with Gasteiger partial charge in [0.1, 0.15) is 6.33 Å². The van der Waals surface area contributed by atoms with E-state index in [1.165, 1.54) is 13.4 Å². The summed E-state index contributed by atoms with van der Waals surface area (Å²) in [4.78, 5) is 7.96. The Balaban J connectivity index is 2.97. The molecule has 2 N–H and O–H groups in total. The normalized spacial score (nSPS) is 14.2. The standard InChI is InChI=1S/C11H18ClN3O2/c1-4-11(2,5-6-16)15-10-8(17-3)9(12)13-7-14-10/h7,16H,4-6H2,1-3H3,(H,13,14,15). The molecule has 1 heterocycles. The predicted molar refractivity (Wildman–Crippen MR) is 67.6 cm³/mol. The lowest BCUT2D eigenvalue weighted by Crippen LogP contribution is -2.35. The Bertz CT molecular complexity index is 376. The molecule has 1 unspecified atom stereocenters. The van der Waals surface area contributed by atoms with Gasteiger partial charge < -0.3 is 15.2 Å². The average Bonchev–Trinajstić information content (AvgIpc) is 2.30. The Hall–Kier alpha value is -1.07. The summed E-state index contributed by atoms with van der Waals surface area (Å²) in [5.41, 5.74) is -0.250. The quantitative estimate of drug-likeness (QED) is 0.766. The Morgan fingerprint density at radius 1 is 1.53 bits per heavy atom. The highest BCUT2D eigenvalue weighted by molar-refractivity contribution is 6.31. The topological polar surface area (TPSA) is 67.3 Å². The van der Waals surface area contributed by atoms with Crippen LogP contribution in [0.25, 0.3) is 0 Å². The van der Waals surface area contributed by atoms with Crippen molar-refractivity contribution in [1.82, 2.24) is 9.97 Å². The van der Waals surface area contributed by atoms with E-state index in [9.17, 15) is 0 Å². The van der Waals surface area contributed by atoms with E-state index in [0.717, 1.165) is 6.42 Å². The monoisotopic (exact) mass is 259 g/mol. The molecule has 0 aliphatic rings. The minimum atomic E-state index is -0.250. The highest BCUT2D eigenvalue weighted by Gasteiger charge is 2.24. The lowest BCUT2D eigenvalue weighted by Gasteiger charge is -2.30. The molecule has 96 valence electrons. The molecule has 1 aromatic rings. The van der Waals surface area contributed by atoms with Crippen LogP contribution in [0.1, 0.15) is 26.7 Å². The fourth-order valence-corrected chi connectivity index (χ4v) is 1.69. The number of nitrogens with one attached hydrogen (secondary N) is 1. The summed E-state index contributed by atoms with van der Waals surface area (Å²) >= 11 is 5.91. The number of aliphatic hydroxyl groups is 1. The molecule has 0 amide bonds. The van der Waals surface area contributed by atoms with Crippen LogP contribution in [0.15, 0.2) is 6.33 Å². The van der Waals surface area contributed by atoms with Gasteiger partial charge in [-0.1, -0.05) is 18.5 Å². The Kier molecular flexibility index (Phi) is 4.96. The molecule has 0 radical (unpaired) electrons. The fourth-order valence-electron chi connectivity index (χ4n) is 1.48. The molecule has 0 aliphatic heterocycles. The molecular weight excluding hydrogens is 242 g/mol. The van der Waals surface area contributed by atoms with Crippen molar-refractivity contribution in [2.75, 3.05) is 19.0 Å². The second-order valence-electron chi connectivity index (χ2n) is 4.06. The van der Waals surface area contributed by atoms with E-state index in [-0.39, 0.29) is 17.3 Å². The van der Waals surface area contributed by atoms with Crippen molar-refractivity contribution in [2.24, 2.45) is 0 Å². The smallest absolute Gasteiger partial charge is 0.198 e. The summed E-state index contributed by atoms with van der Waals surface area (Å²) in [5, 5.41) is 12.6. The number of rotatable bonds is 6. The molecule has 0 fully saturated rings. The summed E-state index contributed by atoms with van der Waals surface area (Å²) in [6, 6.07) is 0. The molecule has 6 heteroatoms. The minimum Gasteiger partial charge on any atom is -0.490 e. The van der Waals surface area contributed by atoms with E-state index >= 15 is 0 Å². The maximum absolute atomic E-state index is 9.06. The molecule has 17 heavy (non-hydrogen) atoms. The van der Waals surface area contributed by atoms with Crippen LogP contribution in [0.2, 0.25) is 5.15 Å². The van der Waals surface area contributed by atoms with E-state index in [0.29, 0.717) is 18.0 Å². The van der Waals surface area contributed by atoms with Gasteiger partial charge in [0.15, 0.2) is 16.7 Å². The van der Waals surface area contributed by atoms with E-state index < -0.39 is 0 Å². The second-order valence-corrected chi connectivity index (χ2v) is 4.42. The molecule has 1 aromatic heterocycles. The van der Waals surface area contributed by atoms with Gasteiger partial charge >= 0.3 is 0 Å². The van der Waals surface area contributed by atoms with E-state index in [1.807, 2.05) is 13.8 Å². The van der Waals surface area contributed by atoms with Crippen LogP contribution in [0.3, 0.4) is 0 Å². The zero-order valence-electron chi connectivity index (χ0n) is 10.3. The second kappa shape index (κ2) is 6.02. The number of anilines is 1. The number of aliphatic hydroxyl groups excluding tert-OH is 1. The van der Waals surface area contributed by atoms with Crippen LogP contribution in [0.5, 0.6) is 5.75 Å². The Morgan fingerprint density at radius 3 is 2.76 bits per heavy atom. The average molecular weight is 260 g/mol. The third kappa shape index (κ3) is 3.44. The molecule has 0 saturated carbocycles. The summed E-state index contributed by atoms with van der Waals surface area (Å²) in [6.45, 7) is 4.16. The fraction of sp³-hybridized carbons (Fsp3) is 0.636. The Morgan fingerprint density at radius 2 is 2.24 bits per heavy atom. The molecule has 0 aliphatic carbocycles. The van der Waals surface area contributed by atoms with Gasteiger partial charge in [0, 0.05) is 12.1 Å².